The Morgan fingerprint density at radius 3 is 2.66 bits per heavy atom. The van der Waals surface area contributed by atoms with Gasteiger partial charge >= 0.3 is 6.09 Å². The van der Waals surface area contributed by atoms with Gasteiger partial charge in [-0.25, -0.2) is 4.79 Å². The summed E-state index contributed by atoms with van der Waals surface area (Å²) < 4.78 is 11.4. The van der Waals surface area contributed by atoms with Crippen molar-refractivity contribution in [1.29, 1.82) is 0 Å². The summed E-state index contributed by atoms with van der Waals surface area (Å²) in [6.45, 7) is 4.97. The summed E-state index contributed by atoms with van der Waals surface area (Å²) in [5.74, 6) is -0.645. The third-order valence-electron chi connectivity index (χ3n) is 4.03. The van der Waals surface area contributed by atoms with Crippen molar-refractivity contribution in [1.82, 2.24) is 5.32 Å². The number of amides is 2. The minimum Gasteiger partial charge on any atom is -0.476 e. The van der Waals surface area contributed by atoms with Crippen molar-refractivity contribution in [2.75, 3.05) is 37.0 Å². The van der Waals surface area contributed by atoms with Crippen molar-refractivity contribution in [3.63, 3.8) is 0 Å². The lowest BCUT2D eigenvalue weighted by molar-refractivity contribution is -0.128. The van der Waals surface area contributed by atoms with E-state index in [9.17, 15) is 14.7 Å². The maximum atomic E-state index is 12.8. The van der Waals surface area contributed by atoms with Crippen LogP contribution in [0, 0.1) is 0 Å². The normalized spacial score (nSPS) is 17.2. The van der Waals surface area contributed by atoms with E-state index >= 15 is 0 Å². The number of rotatable bonds is 5. The molecule has 0 radical (unpaired) electrons. The highest BCUT2D eigenvalue weighted by atomic mass is 35.5. The number of ether oxygens (including phenoxy) is 2. The predicted octanol–water partition coefficient (Wildman–Crippen LogP) is 2.72. The molecule has 0 bridgehead atoms. The summed E-state index contributed by atoms with van der Waals surface area (Å²) in [6, 6.07) is 3.30. The van der Waals surface area contributed by atoms with Gasteiger partial charge in [0.25, 0.3) is 5.91 Å². The van der Waals surface area contributed by atoms with Crippen LogP contribution >= 0.6 is 19.8 Å². The number of carbonyl (C=O) groups is 2. The van der Waals surface area contributed by atoms with E-state index in [-0.39, 0.29) is 13.2 Å². The fourth-order valence-corrected chi connectivity index (χ4v) is 3.33. The number of nitrogens with zero attached hydrogens (tertiary/aromatic N) is 2. The van der Waals surface area contributed by atoms with Crippen molar-refractivity contribution in [3.8, 4) is 5.75 Å². The lowest BCUT2D eigenvalue weighted by Crippen LogP contribution is -2.53. The molecular weight excluding hydrogens is 417 g/mol. The number of hydrogen-bond donors (Lipinski definition) is 2. The number of halogens is 1. The summed E-state index contributed by atoms with van der Waals surface area (Å²) in [6.07, 6.45) is 2.07. The Labute approximate surface area is 177 Å². The second-order valence-electron chi connectivity index (χ2n) is 7.75. The molecule has 2 atom stereocenters. The van der Waals surface area contributed by atoms with Crippen molar-refractivity contribution in [2.45, 2.75) is 38.3 Å². The number of carbonyl (C=O) groups excluding carboxylic acids is 2. The van der Waals surface area contributed by atoms with Gasteiger partial charge in [0, 0.05) is 20.2 Å². The first-order chi connectivity index (χ1) is 13.5. The van der Waals surface area contributed by atoms with Gasteiger partial charge in [-0.15, -0.1) is 0 Å². The summed E-state index contributed by atoms with van der Waals surface area (Å²) in [4.78, 5) is 28.6. The predicted molar refractivity (Wildman–Crippen MR) is 117 cm³/mol. The van der Waals surface area contributed by atoms with E-state index in [1.165, 1.54) is 4.90 Å². The molecule has 2 rings (SSSR count). The van der Waals surface area contributed by atoms with Crippen LogP contribution in [0.3, 0.4) is 0 Å². The highest BCUT2D eigenvalue weighted by Gasteiger charge is 2.37. The van der Waals surface area contributed by atoms with Crippen molar-refractivity contribution in [2.24, 2.45) is 0 Å². The van der Waals surface area contributed by atoms with Gasteiger partial charge in [-0.1, -0.05) is 26.1 Å². The molecule has 0 spiro atoms. The van der Waals surface area contributed by atoms with Gasteiger partial charge < -0.3 is 24.8 Å². The van der Waals surface area contributed by atoms with Gasteiger partial charge in [0.2, 0.25) is 0 Å². The zero-order chi connectivity index (χ0) is 21.9. The van der Waals surface area contributed by atoms with Crippen LogP contribution in [-0.2, 0) is 9.53 Å². The maximum Gasteiger partial charge on any atom is 0.415 e. The van der Waals surface area contributed by atoms with Crippen LogP contribution in [-0.4, -0.2) is 68.1 Å². The Kier molecular flexibility index (Phi) is 7.38. The molecule has 0 aromatic heterocycles. The van der Waals surface area contributed by atoms with E-state index in [2.05, 4.69) is 11.6 Å². The highest BCUT2D eigenvalue weighted by molar-refractivity contribution is 7.37. The number of aliphatic hydroxyl groups excluding tert-OH is 1. The maximum absolute atomic E-state index is 12.8. The summed E-state index contributed by atoms with van der Waals surface area (Å²) in [5.41, 5.74) is 0.392. The number of hydrogen-bond acceptors (Lipinski definition) is 6. The zero-order valence-electron chi connectivity index (χ0n) is 17.2. The molecule has 1 heterocycles. The molecule has 0 saturated carbocycles. The number of nitrogens with one attached hydrogen (secondary N) is 1. The topological polar surface area (TPSA) is 91.3 Å². The summed E-state index contributed by atoms with van der Waals surface area (Å²) >= 11 is 6.37. The molecule has 8 nitrogen and oxygen atoms in total. The van der Waals surface area contributed by atoms with E-state index in [0.717, 1.165) is 0 Å². The van der Waals surface area contributed by atoms with Crippen LogP contribution in [0.5, 0.6) is 5.75 Å². The molecule has 0 fully saturated rings. The second kappa shape index (κ2) is 9.20. The average molecular weight is 444 g/mol. The Hall–Kier alpha value is -2.02. The fourth-order valence-electron chi connectivity index (χ4n) is 2.67. The van der Waals surface area contributed by atoms with E-state index in [1.807, 2.05) is 14.1 Å². The van der Waals surface area contributed by atoms with Gasteiger partial charge in [0.05, 0.1) is 35.3 Å². The number of anilines is 2. The lowest BCUT2D eigenvalue weighted by atomic mass is 10.1. The Morgan fingerprint density at radius 2 is 2.14 bits per heavy atom. The van der Waals surface area contributed by atoms with E-state index in [1.54, 1.807) is 37.8 Å². The van der Waals surface area contributed by atoms with Crippen LogP contribution < -0.4 is 19.9 Å². The second-order valence-corrected chi connectivity index (χ2v) is 9.15. The van der Waals surface area contributed by atoms with Crippen molar-refractivity contribution in [3.05, 3.63) is 17.2 Å². The average Bonchev–Trinajstić information content (AvgIpc) is 2.62. The largest absolute Gasteiger partial charge is 0.476 e. The molecule has 1 aromatic carbocycles. The quantitative estimate of drug-likeness (QED) is 0.680. The summed E-state index contributed by atoms with van der Waals surface area (Å²) in [7, 11) is 4.22. The highest BCUT2D eigenvalue weighted by Crippen LogP contribution is 2.41. The molecule has 2 N–H and O–H groups in total. The van der Waals surface area contributed by atoms with Crippen molar-refractivity contribution < 1.29 is 24.2 Å². The Bertz CT molecular complexity index is 797. The first-order valence-electron chi connectivity index (χ1n) is 9.02. The fraction of sp³-hybridized carbons (Fsp3) is 0.526. The number of fused-ring (bicyclic) bond motifs is 1. The first-order valence-corrected chi connectivity index (χ1v) is 10.5. The Balaban J connectivity index is 2.42. The van der Waals surface area contributed by atoms with E-state index < -0.39 is 29.5 Å². The standard InChI is InChI=1S/C19H27ClN3O5P/c1-19(2,3)28-18(26)23-9-15(17(25)21-16(10-24)29-6)27-14-8-12(22(4)5)11(20)7-13(14)23/h7-8,15-16,24H,6,9-10H2,1-5H3,(H,21,25). The van der Waals surface area contributed by atoms with Crippen LogP contribution in [0.2, 0.25) is 5.02 Å². The number of benzene rings is 1. The molecule has 0 saturated heterocycles. The minimum atomic E-state index is -0.984. The van der Waals surface area contributed by atoms with Crippen LogP contribution in [0.4, 0.5) is 16.2 Å². The molecule has 10 heteroatoms. The van der Waals surface area contributed by atoms with E-state index in [4.69, 9.17) is 21.1 Å². The van der Waals surface area contributed by atoms with Gasteiger partial charge in [-0.3, -0.25) is 9.69 Å². The van der Waals surface area contributed by atoms with Crippen molar-refractivity contribution >= 4 is 49.5 Å². The third kappa shape index (κ3) is 5.75. The first kappa shape index (κ1) is 23.3. The number of aliphatic hydroxyl groups is 1. The van der Waals surface area contributed by atoms with Gasteiger partial charge in [0.15, 0.2) is 6.10 Å². The lowest BCUT2D eigenvalue weighted by Gasteiger charge is -2.36. The van der Waals surface area contributed by atoms with Crippen LogP contribution in [0.1, 0.15) is 20.8 Å². The molecule has 2 unspecified atom stereocenters. The van der Waals surface area contributed by atoms with E-state index in [0.29, 0.717) is 30.4 Å². The van der Waals surface area contributed by atoms with Gasteiger partial charge in [-0.2, -0.15) is 0 Å². The molecule has 0 aliphatic carbocycles. The SMILES string of the molecule is C=PC(CO)NC(=O)C1CN(C(=O)OC(C)(C)C)c2cc(Cl)c(N(C)C)cc2O1. The molecule has 29 heavy (non-hydrogen) atoms. The molecule has 1 aromatic rings. The zero-order valence-corrected chi connectivity index (χ0v) is 18.9. The third-order valence-corrected chi connectivity index (χ3v) is 5.06. The van der Waals surface area contributed by atoms with Gasteiger partial charge in [0.1, 0.15) is 11.4 Å². The van der Waals surface area contributed by atoms with Crippen LogP contribution in [0.25, 0.3) is 0 Å². The Morgan fingerprint density at radius 1 is 1.48 bits per heavy atom. The van der Waals surface area contributed by atoms with Crippen LogP contribution in [0.15, 0.2) is 12.1 Å². The monoisotopic (exact) mass is 443 g/mol. The molecule has 1 aliphatic rings. The minimum absolute atomic E-state index is 0.0580. The summed E-state index contributed by atoms with van der Waals surface area (Å²) in [5, 5.41) is 12.4. The van der Waals surface area contributed by atoms with Gasteiger partial charge in [-0.05, 0) is 26.8 Å². The molecule has 160 valence electrons. The molecular formula is C19H27ClN3O5P. The smallest absolute Gasteiger partial charge is 0.415 e. The molecule has 2 amide bonds. The molecule has 1 aliphatic heterocycles.